The molecule has 0 aliphatic heterocycles. The number of nitrogens with one attached hydrogen (secondary N) is 1. The van der Waals surface area contributed by atoms with E-state index in [-0.39, 0.29) is 10.6 Å². The maximum absolute atomic E-state index is 12.6. The van der Waals surface area contributed by atoms with Crippen LogP contribution in [0.15, 0.2) is 23.2 Å². The second kappa shape index (κ2) is 11.2. The highest BCUT2D eigenvalue weighted by atomic mass is 32.2. The predicted octanol–water partition coefficient (Wildman–Crippen LogP) is 2.85. The highest BCUT2D eigenvalue weighted by Gasteiger charge is 2.28. The number of aryl methyl sites for hydroxylation is 2. The lowest BCUT2D eigenvalue weighted by atomic mass is 9.95. The van der Waals surface area contributed by atoms with Crippen LogP contribution in [0.25, 0.3) is 10.2 Å². The Bertz CT molecular complexity index is 1550. The summed E-state index contributed by atoms with van der Waals surface area (Å²) in [6.07, 6.45) is 3.39. The molecule has 0 unspecified atom stereocenters. The minimum absolute atomic E-state index is 0.277. The number of thiophene rings is 1. The van der Waals surface area contributed by atoms with Crippen molar-refractivity contribution in [1.29, 1.82) is 0 Å². The summed E-state index contributed by atoms with van der Waals surface area (Å²) < 4.78 is 38.2. The van der Waals surface area contributed by atoms with E-state index in [4.69, 9.17) is 9.47 Å². The van der Waals surface area contributed by atoms with E-state index < -0.39 is 39.1 Å². The molecule has 0 saturated carbocycles. The van der Waals surface area contributed by atoms with Crippen LogP contribution in [0.2, 0.25) is 0 Å². The zero-order valence-corrected chi connectivity index (χ0v) is 23.1. The number of hydrogen-bond donors (Lipinski definition) is 1. The van der Waals surface area contributed by atoms with Gasteiger partial charge in [0.25, 0.3) is 5.91 Å². The molecule has 0 atom stereocenters. The van der Waals surface area contributed by atoms with Crippen LogP contribution < -0.4 is 14.9 Å². The van der Waals surface area contributed by atoms with Gasteiger partial charge in [0.2, 0.25) is 5.91 Å². The maximum atomic E-state index is 12.6. The van der Waals surface area contributed by atoms with Crippen molar-refractivity contribution in [2.24, 2.45) is 12.0 Å². The summed E-state index contributed by atoms with van der Waals surface area (Å²) in [4.78, 5) is 42.8. The first kappa shape index (κ1) is 27.0. The van der Waals surface area contributed by atoms with Gasteiger partial charge in [0.15, 0.2) is 14.6 Å². The summed E-state index contributed by atoms with van der Waals surface area (Å²) in [5, 5.41) is 2.82. The number of aromatic nitrogens is 1. The smallest absolute Gasteiger partial charge is 0.341 e. The molecule has 2 amide bonds. The van der Waals surface area contributed by atoms with Gasteiger partial charge < -0.3 is 19.4 Å². The topological polar surface area (TPSA) is 133 Å². The number of ether oxygens (including phenoxy) is 2. The molecule has 4 rings (SSSR count). The summed E-state index contributed by atoms with van der Waals surface area (Å²) in [6.45, 7) is 2.40. The Labute approximate surface area is 221 Å². The molecule has 2 heterocycles. The van der Waals surface area contributed by atoms with Gasteiger partial charge in [-0.2, -0.15) is 4.99 Å². The third kappa shape index (κ3) is 6.11. The Morgan fingerprint density at radius 2 is 1.89 bits per heavy atom. The number of thiazole rings is 1. The van der Waals surface area contributed by atoms with Crippen LogP contribution in [-0.2, 0) is 44.1 Å². The zero-order chi connectivity index (χ0) is 26.7. The van der Waals surface area contributed by atoms with Crippen molar-refractivity contribution in [1.82, 2.24) is 4.57 Å². The number of benzene rings is 1. The number of anilines is 1. The van der Waals surface area contributed by atoms with Crippen molar-refractivity contribution >= 4 is 65.5 Å². The summed E-state index contributed by atoms with van der Waals surface area (Å²) in [5.41, 5.74) is 1.95. The average Bonchev–Trinajstić information content (AvgIpc) is 3.34. The van der Waals surface area contributed by atoms with Crippen LogP contribution >= 0.6 is 22.7 Å². The predicted molar refractivity (Wildman–Crippen MR) is 142 cm³/mol. The zero-order valence-electron chi connectivity index (χ0n) is 20.7. The Morgan fingerprint density at radius 3 is 2.62 bits per heavy atom. The summed E-state index contributed by atoms with van der Waals surface area (Å²) in [5.74, 6) is -3.41. The lowest BCUT2D eigenvalue weighted by Crippen LogP contribution is -2.28. The number of fused-ring (bicyclic) bond motifs is 2. The standard InChI is InChI=1S/C24H27N3O7S3/c1-4-34-14-9-10-16-18(11-14)36-24(27(16)2)26-20(29)13-37(31,32)12-19(28)25-22-21(23(30)33-3)15-7-5-6-8-17(15)35-22/h9-11H,4-8,12-13H2,1-3H3,(H,25,28). The summed E-state index contributed by atoms with van der Waals surface area (Å²) in [6, 6.07) is 5.48. The molecule has 2 aromatic heterocycles. The second-order valence-electron chi connectivity index (χ2n) is 8.50. The van der Waals surface area contributed by atoms with E-state index in [9.17, 15) is 22.8 Å². The van der Waals surface area contributed by atoms with Gasteiger partial charge in [-0.05, 0) is 56.4 Å². The van der Waals surface area contributed by atoms with Crippen LogP contribution in [0.5, 0.6) is 5.75 Å². The molecule has 0 radical (unpaired) electrons. The minimum Gasteiger partial charge on any atom is -0.494 e. The van der Waals surface area contributed by atoms with Gasteiger partial charge in [0.05, 0.1) is 29.5 Å². The highest BCUT2D eigenvalue weighted by molar-refractivity contribution is 7.92. The fourth-order valence-corrected chi connectivity index (χ4v) is 7.56. The van der Waals surface area contributed by atoms with E-state index in [1.165, 1.54) is 29.8 Å². The molecule has 37 heavy (non-hydrogen) atoms. The molecular formula is C24H27N3O7S3. The molecule has 10 nitrogen and oxygen atoms in total. The number of amides is 2. The van der Waals surface area contributed by atoms with Crippen molar-refractivity contribution in [2.75, 3.05) is 30.5 Å². The Kier molecular flexibility index (Phi) is 8.14. The first-order valence-corrected chi connectivity index (χ1v) is 15.1. The van der Waals surface area contributed by atoms with Gasteiger partial charge in [0, 0.05) is 11.9 Å². The number of carbonyl (C=O) groups is 3. The van der Waals surface area contributed by atoms with Gasteiger partial charge >= 0.3 is 5.97 Å². The van der Waals surface area contributed by atoms with Crippen molar-refractivity contribution < 1.29 is 32.3 Å². The van der Waals surface area contributed by atoms with Gasteiger partial charge in [-0.25, -0.2) is 13.2 Å². The molecule has 0 fully saturated rings. The number of carbonyl (C=O) groups excluding carboxylic acids is 3. The number of hydrogen-bond acceptors (Lipinski definition) is 9. The van der Waals surface area contributed by atoms with E-state index in [2.05, 4.69) is 10.3 Å². The molecule has 1 aromatic carbocycles. The Morgan fingerprint density at radius 1 is 1.14 bits per heavy atom. The Balaban J connectivity index is 1.47. The molecule has 0 saturated heterocycles. The monoisotopic (exact) mass is 565 g/mol. The van der Waals surface area contributed by atoms with Crippen LogP contribution in [0.3, 0.4) is 0 Å². The molecule has 198 valence electrons. The average molecular weight is 566 g/mol. The number of sulfone groups is 1. The van der Waals surface area contributed by atoms with Gasteiger partial charge in [0.1, 0.15) is 22.3 Å². The SMILES string of the molecule is CCOc1ccc2c(c1)sc(=NC(=O)CS(=O)(=O)CC(=O)Nc1sc3c(c1C(=O)OC)CCCC3)n2C. The maximum Gasteiger partial charge on any atom is 0.341 e. The second-order valence-corrected chi connectivity index (χ2v) is 12.7. The largest absolute Gasteiger partial charge is 0.494 e. The number of nitrogens with zero attached hydrogens (tertiary/aromatic N) is 2. The van der Waals surface area contributed by atoms with Crippen LogP contribution in [-0.4, -0.2) is 56.0 Å². The number of rotatable bonds is 8. The highest BCUT2D eigenvalue weighted by Crippen LogP contribution is 2.38. The summed E-state index contributed by atoms with van der Waals surface area (Å²) >= 11 is 2.49. The van der Waals surface area contributed by atoms with Gasteiger partial charge in [-0.1, -0.05) is 11.3 Å². The quantitative estimate of drug-likeness (QED) is 0.415. The van der Waals surface area contributed by atoms with Crippen LogP contribution in [0.4, 0.5) is 5.00 Å². The van der Waals surface area contributed by atoms with E-state index in [0.29, 0.717) is 23.6 Å². The third-order valence-corrected chi connectivity index (χ3v) is 9.51. The van der Waals surface area contributed by atoms with Crippen molar-refractivity contribution in [3.8, 4) is 5.75 Å². The lowest BCUT2D eigenvalue weighted by Gasteiger charge is -2.11. The van der Waals surface area contributed by atoms with Crippen LogP contribution in [0.1, 0.15) is 40.6 Å². The molecular weight excluding hydrogens is 538 g/mol. The van der Waals surface area contributed by atoms with E-state index in [1.807, 2.05) is 25.1 Å². The Hall–Kier alpha value is -3.03. The molecule has 13 heteroatoms. The van der Waals surface area contributed by atoms with E-state index >= 15 is 0 Å². The van der Waals surface area contributed by atoms with Gasteiger partial charge in [-0.3, -0.25) is 9.59 Å². The first-order chi connectivity index (χ1) is 17.6. The molecule has 1 aliphatic carbocycles. The van der Waals surface area contributed by atoms with Gasteiger partial charge in [-0.15, -0.1) is 11.3 Å². The molecule has 0 bridgehead atoms. The number of esters is 1. The molecule has 0 spiro atoms. The van der Waals surface area contributed by atoms with Crippen molar-refractivity contribution in [3.63, 3.8) is 0 Å². The van der Waals surface area contributed by atoms with Crippen LogP contribution in [0, 0.1) is 0 Å². The van der Waals surface area contributed by atoms with Crippen molar-refractivity contribution in [3.05, 3.63) is 39.0 Å². The summed E-state index contributed by atoms with van der Waals surface area (Å²) in [7, 11) is -1.12. The fourth-order valence-electron chi connectivity index (χ4n) is 4.19. The first-order valence-electron chi connectivity index (χ1n) is 11.6. The van der Waals surface area contributed by atoms with E-state index in [1.54, 1.807) is 11.6 Å². The molecule has 1 aliphatic rings. The fraction of sp³-hybridized carbons (Fsp3) is 0.417. The third-order valence-electron chi connectivity index (χ3n) is 5.82. The normalized spacial score (nSPS) is 13.9. The molecule has 3 aromatic rings. The lowest BCUT2D eigenvalue weighted by molar-refractivity contribution is -0.115. The molecule has 1 N–H and O–H groups in total. The van der Waals surface area contributed by atoms with E-state index in [0.717, 1.165) is 39.9 Å². The minimum atomic E-state index is -4.11. The van der Waals surface area contributed by atoms with Crippen molar-refractivity contribution in [2.45, 2.75) is 32.6 Å². The number of methoxy groups -OCH3 is 1.